The minimum absolute atomic E-state index is 0.000843. The summed E-state index contributed by atoms with van der Waals surface area (Å²) < 4.78 is 10.9. The minimum Gasteiger partial charge on any atom is -0.493 e. The number of nitrogens with zero attached hydrogens (tertiary/aromatic N) is 1. The molecule has 0 aliphatic heterocycles. The zero-order chi connectivity index (χ0) is 13.1. The zero-order valence-corrected chi connectivity index (χ0v) is 10.4. The summed E-state index contributed by atoms with van der Waals surface area (Å²) in [5, 5.41) is 13.8. The Morgan fingerprint density at radius 1 is 1.39 bits per heavy atom. The van der Waals surface area contributed by atoms with Crippen molar-refractivity contribution in [3.63, 3.8) is 0 Å². The number of benzene rings is 1. The lowest BCUT2D eigenvalue weighted by molar-refractivity contribution is -0.385. The molecule has 2 rings (SSSR count). The van der Waals surface area contributed by atoms with E-state index >= 15 is 0 Å². The highest BCUT2D eigenvalue weighted by atomic mass is 16.6. The van der Waals surface area contributed by atoms with Crippen LogP contribution in [0, 0.1) is 10.1 Å². The van der Waals surface area contributed by atoms with Crippen LogP contribution in [-0.2, 0) is 0 Å². The molecule has 1 aliphatic carbocycles. The largest absolute Gasteiger partial charge is 0.493 e. The topological polar surface area (TPSA) is 73.6 Å². The molecule has 1 fully saturated rings. The van der Waals surface area contributed by atoms with Crippen LogP contribution in [0.15, 0.2) is 18.2 Å². The van der Waals surface area contributed by atoms with E-state index in [4.69, 9.17) is 9.47 Å². The number of non-ortho nitro benzene ring substituents is 1. The lowest BCUT2D eigenvalue weighted by atomic mass is 9.89. The van der Waals surface area contributed by atoms with Gasteiger partial charge in [0.1, 0.15) is 6.10 Å². The number of hydrogen-bond donors (Lipinski definition) is 1. The molecule has 0 unspecified atom stereocenters. The monoisotopic (exact) mass is 252 g/mol. The molecule has 0 bridgehead atoms. The second kappa shape index (κ2) is 5.22. The zero-order valence-electron chi connectivity index (χ0n) is 10.4. The van der Waals surface area contributed by atoms with Crippen LogP contribution in [0.3, 0.4) is 0 Å². The third kappa shape index (κ3) is 2.53. The number of nitro groups is 1. The van der Waals surface area contributed by atoms with E-state index in [-0.39, 0.29) is 11.8 Å². The number of rotatable bonds is 5. The fraction of sp³-hybridized carbons (Fsp3) is 0.500. The van der Waals surface area contributed by atoms with Crippen LogP contribution in [-0.4, -0.2) is 31.2 Å². The normalized spacial score (nSPS) is 22.1. The predicted molar refractivity (Wildman–Crippen MR) is 66.1 cm³/mol. The standard InChI is InChI=1S/C12H16N2O4/c1-13-8-5-10(6-8)18-11-4-3-9(14(15)16)7-12(11)17-2/h3-4,7-8,10,13H,5-6H2,1-2H3. The van der Waals surface area contributed by atoms with Crippen molar-refractivity contribution < 1.29 is 14.4 Å². The first kappa shape index (κ1) is 12.6. The Hall–Kier alpha value is -1.82. The SMILES string of the molecule is CNC1CC(Oc2ccc([N+](=O)[O-])cc2OC)C1. The number of methoxy groups -OCH3 is 1. The van der Waals surface area contributed by atoms with Crippen molar-refractivity contribution in [3.05, 3.63) is 28.3 Å². The van der Waals surface area contributed by atoms with E-state index in [0.29, 0.717) is 17.5 Å². The van der Waals surface area contributed by atoms with Gasteiger partial charge in [0.25, 0.3) is 5.69 Å². The van der Waals surface area contributed by atoms with Crippen molar-refractivity contribution in [2.24, 2.45) is 0 Å². The first-order valence-electron chi connectivity index (χ1n) is 5.80. The summed E-state index contributed by atoms with van der Waals surface area (Å²) in [6, 6.07) is 4.89. The summed E-state index contributed by atoms with van der Waals surface area (Å²) in [5.74, 6) is 0.958. The van der Waals surface area contributed by atoms with Crippen LogP contribution in [0.1, 0.15) is 12.8 Å². The van der Waals surface area contributed by atoms with Gasteiger partial charge in [0.05, 0.1) is 18.1 Å². The Bertz CT molecular complexity index is 444. The molecule has 6 heteroatoms. The summed E-state index contributed by atoms with van der Waals surface area (Å²) in [6.45, 7) is 0. The Morgan fingerprint density at radius 3 is 2.67 bits per heavy atom. The number of ether oxygens (including phenoxy) is 2. The molecule has 1 saturated carbocycles. The highest BCUT2D eigenvalue weighted by Gasteiger charge is 2.30. The van der Waals surface area contributed by atoms with Crippen molar-refractivity contribution in [1.29, 1.82) is 0 Å². The maximum Gasteiger partial charge on any atom is 0.273 e. The maximum absolute atomic E-state index is 10.7. The quantitative estimate of drug-likeness (QED) is 0.638. The predicted octanol–water partition coefficient (Wildman–Crippen LogP) is 1.73. The summed E-state index contributed by atoms with van der Waals surface area (Å²) in [6.07, 6.45) is 2.03. The highest BCUT2D eigenvalue weighted by Crippen LogP contribution is 2.34. The van der Waals surface area contributed by atoms with E-state index < -0.39 is 4.92 Å². The molecule has 0 radical (unpaired) electrons. The van der Waals surface area contributed by atoms with Gasteiger partial charge in [-0.3, -0.25) is 10.1 Å². The highest BCUT2D eigenvalue weighted by molar-refractivity contribution is 5.48. The van der Waals surface area contributed by atoms with E-state index in [2.05, 4.69) is 5.32 Å². The number of hydrogen-bond acceptors (Lipinski definition) is 5. The fourth-order valence-electron chi connectivity index (χ4n) is 1.94. The Morgan fingerprint density at radius 2 is 2.11 bits per heavy atom. The van der Waals surface area contributed by atoms with Gasteiger partial charge in [0.15, 0.2) is 11.5 Å². The third-order valence-electron chi connectivity index (χ3n) is 3.15. The second-order valence-corrected chi connectivity index (χ2v) is 4.29. The first-order chi connectivity index (χ1) is 8.63. The number of nitro benzene ring substituents is 1. The van der Waals surface area contributed by atoms with Crippen molar-refractivity contribution in [2.45, 2.75) is 25.0 Å². The van der Waals surface area contributed by atoms with Crippen molar-refractivity contribution in [1.82, 2.24) is 5.32 Å². The van der Waals surface area contributed by atoms with Crippen LogP contribution in [0.5, 0.6) is 11.5 Å². The van der Waals surface area contributed by atoms with E-state index in [1.54, 1.807) is 6.07 Å². The molecule has 0 saturated heterocycles. The van der Waals surface area contributed by atoms with Gasteiger partial charge < -0.3 is 14.8 Å². The lowest BCUT2D eigenvalue weighted by Gasteiger charge is -2.35. The molecule has 0 atom stereocenters. The van der Waals surface area contributed by atoms with E-state index in [1.165, 1.54) is 19.2 Å². The molecule has 0 heterocycles. The van der Waals surface area contributed by atoms with Crippen LogP contribution >= 0.6 is 0 Å². The molecule has 0 spiro atoms. The molecule has 1 aliphatic rings. The third-order valence-corrected chi connectivity index (χ3v) is 3.15. The van der Waals surface area contributed by atoms with Crippen molar-refractivity contribution in [3.8, 4) is 11.5 Å². The van der Waals surface area contributed by atoms with E-state index in [0.717, 1.165) is 12.8 Å². The van der Waals surface area contributed by atoms with Crippen LogP contribution in [0.4, 0.5) is 5.69 Å². The van der Waals surface area contributed by atoms with Crippen molar-refractivity contribution in [2.75, 3.05) is 14.2 Å². The summed E-state index contributed by atoms with van der Waals surface area (Å²) in [7, 11) is 3.40. The smallest absolute Gasteiger partial charge is 0.273 e. The van der Waals surface area contributed by atoms with Crippen LogP contribution < -0.4 is 14.8 Å². The minimum atomic E-state index is -0.452. The average molecular weight is 252 g/mol. The van der Waals surface area contributed by atoms with Gasteiger partial charge in [-0.25, -0.2) is 0 Å². The summed E-state index contributed by atoms with van der Waals surface area (Å²) in [5.41, 5.74) is 0.000843. The van der Waals surface area contributed by atoms with E-state index in [9.17, 15) is 10.1 Å². The maximum atomic E-state index is 10.7. The fourth-order valence-corrected chi connectivity index (χ4v) is 1.94. The molecule has 0 amide bonds. The molecule has 18 heavy (non-hydrogen) atoms. The summed E-state index contributed by atoms with van der Waals surface area (Å²) >= 11 is 0. The van der Waals surface area contributed by atoms with Gasteiger partial charge in [0.2, 0.25) is 0 Å². The molecule has 6 nitrogen and oxygen atoms in total. The summed E-state index contributed by atoms with van der Waals surface area (Å²) in [4.78, 5) is 10.2. The molecule has 1 aromatic carbocycles. The van der Waals surface area contributed by atoms with Crippen molar-refractivity contribution >= 4 is 5.69 Å². The molecule has 1 aromatic rings. The van der Waals surface area contributed by atoms with Gasteiger partial charge in [0, 0.05) is 12.1 Å². The lowest BCUT2D eigenvalue weighted by Crippen LogP contribution is -2.45. The van der Waals surface area contributed by atoms with Crippen LogP contribution in [0.2, 0.25) is 0 Å². The van der Waals surface area contributed by atoms with Gasteiger partial charge in [-0.05, 0) is 26.0 Å². The molecular formula is C12H16N2O4. The first-order valence-corrected chi connectivity index (χ1v) is 5.80. The molecule has 0 aromatic heterocycles. The van der Waals surface area contributed by atoms with Gasteiger partial charge >= 0.3 is 0 Å². The molecule has 98 valence electrons. The van der Waals surface area contributed by atoms with E-state index in [1.807, 2.05) is 7.05 Å². The van der Waals surface area contributed by atoms with Crippen LogP contribution in [0.25, 0.3) is 0 Å². The Kier molecular flexibility index (Phi) is 3.66. The average Bonchev–Trinajstić information content (AvgIpc) is 2.32. The van der Waals surface area contributed by atoms with Gasteiger partial charge in [-0.2, -0.15) is 0 Å². The number of nitrogens with one attached hydrogen (secondary N) is 1. The Labute approximate surface area is 105 Å². The second-order valence-electron chi connectivity index (χ2n) is 4.29. The molecule has 1 N–H and O–H groups in total. The van der Waals surface area contributed by atoms with Gasteiger partial charge in [-0.1, -0.05) is 0 Å². The Balaban J connectivity index is 2.06. The van der Waals surface area contributed by atoms with Gasteiger partial charge in [-0.15, -0.1) is 0 Å². The molecular weight excluding hydrogens is 236 g/mol.